The first-order valence-electron chi connectivity index (χ1n) is 6.26. The van der Waals surface area contributed by atoms with Crippen LogP contribution in [-0.4, -0.2) is 22.3 Å². The monoisotopic (exact) mass is 277 g/mol. The SMILES string of the molecule is C#CC(CC)(CC)NC(=O)CSc1cccc(O)c1. The number of thioether (sulfide) groups is 1. The number of benzene rings is 1. The molecule has 4 heteroatoms. The summed E-state index contributed by atoms with van der Waals surface area (Å²) in [5.41, 5.74) is -0.545. The minimum atomic E-state index is -0.545. The Balaban J connectivity index is 2.55. The molecule has 0 saturated heterocycles. The molecule has 1 aromatic carbocycles. The molecule has 0 aliphatic heterocycles. The van der Waals surface area contributed by atoms with Gasteiger partial charge < -0.3 is 10.4 Å². The van der Waals surface area contributed by atoms with E-state index in [1.165, 1.54) is 11.8 Å². The fourth-order valence-electron chi connectivity index (χ4n) is 1.69. The summed E-state index contributed by atoms with van der Waals surface area (Å²) < 4.78 is 0. The summed E-state index contributed by atoms with van der Waals surface area (Å²) in [5.74, 6) is 3.07. The number of phenols is 1. The highest BCUT2D eigenvalue weighted by molar-refractivity contribution is 8.00. The number of aromatic hydroxyl groups is 1. The normalized spacial score (nSPS) is 10.8. The van der Waals surface area contributed by atoms with E-state index < -0.39 is 5.54 Å². The quantitative estimate of drug-likeness (QED) is 0.621. The molecule has 0 heterocycles. The van der Waals surface area contributed by atoms with E-state index in [-0.39, 0.29) is 17.4 Å². The molecule has 1 rings (SSSR count). The van der Waals surface area contributed by atoms with Crippen LogP contribution in [0, 0.1) is 12.3 Å². The molecule has 0 aliphatic rings. The number of terminal acetylenes is 1. The Bertz CT molecular complexity index is 475. The Morgan fingerprint density at radius 3 is 2.68 bits per heavy atom. The van der Waals surface area contributed by atoms with Gasteiger partial charge in [-0.15, -0.1) is 18.2 Å². The van der Waals surface area contributed by atoms with Gasteiger partial charge in [-0.3, -0.25) is 4.79 Å². The van der Waals surface area contributed by atoms with Crippen LogP contribution in [0.25, 0.3) is 0 Å². The van der Waals surface area contributed by atoms with Gasteiger partial charge in [0.2, 0.25) is 5.91 Å². The van der Waals surface area contributed by atoms with Crippen LogP contribution in [0.2, 0.25) is 0 Å². The lowest BCUT2D eigenvalue weighted by molar-refractivity contribution is -0.119. The number of carbonyl (C=O) groups excluding carboxylic acids is 1. The van der Waals surface area contributed by atoms with E-state index in [2.05, 4.69) is 11.2 Å². The standard InChI is InChI=1S/C15H19NO2S/c1-4-15(5-2,6-3)16-14(18)11-19-13-9-7-8-12(17)10-13/h1,7-10,17H,5-6,11H2,2-3H3,(H,16,18). The van der Waals surface area contributed by atoms with Crippen molar-refractivity contribution < 1.29 is 9.90 Å². The van der Waals surface area contributed by atoms with Gasteiger partial charge in [-0.25, -0.2) is 0 Å². The maximum atomic E-state index is 11.9. The first kappa shape index (κ1) is 15.5. The molecule has 1 amide bonds. The molecule has 0 unspecified atom stereocenters. The van der Waals surface area contributed by atoms with E-state index in [0.717, 1.165) is 4.90 Å². The van der Waals surface area contributed by atoms with E-state index >= 15 is 0 Å². The van der Waals surface area contributed by atoms with Crippen LogP contribution in [-0.2, 0) is 4.79 Å². The van der Waals surface area contributed by atoms with Crippen molar-refractivity contribution in [2.75, 3.05) is 5.75 Å². The highest BCUT2D eigenvalue weighted by atomic mass is 32.2. The average molecular weight is 277 g/mol. The number of rotatable bonds is 6. The maximum Gasteiger partial charge on any atom is 0.231 e. The lowest BCUT2D eigenvalue weighted by Gasteiger charge is -2.26. The first-order valence-corrected chi connectivity index (χ1v) is 7.24. The van der Waals surface area contributed by atoms with Crippen LogP contribution in [0.1, 0.15) is 26.7 Å². The number of nitrogens with one attached hydrogen (secondary N) is 1. The molecular weight excluding hydrogens is 258 g/mol. The minimum Gasteiger partial charge on any atom is -0.508 e. The lowest BCUT2D eigenvalue weighted by atomic mass is 9.94. The molecule has 0 aliphatic carbocycles. The largest absolute Gasteiger partial charge is 0.508 e. The molecule has 2 N–H and O–H groups in total. The zero-order chi connectivity index (χ0) is 14.3. The molecule has 0 atom stereocenters. The Morgan fingerprint density at radius 2 is 2.16 bits per heavy atom. The Hall–Kier alpha value is -1.60. The van der Waals surface area contributed by atoms with Crippen LogP contribution < -0.4 is 5.32 Å². The topological polar surface area (TPSA) is 49.3 Å². The third kappa shape index (κ3) is 4.53. The summed E-state index contributed by atoms with van der Waals surface area (Å²) in [7, 11) is 0. The van der Waals surface area contributed by atoms with E-state index in [0.29, 0.717) is 12.8 Å². The average Bonchev–Trinajstić information content (AvgIpc) is 2.43. The van der Waals surface area contributed by atoms with Crippen LogP contribution in [0.3, 0.4) is 0 Å². The van der Waals surface area contributed by atoms with Gasteiger partial charge in [0.1, 0.15) is 11.3 Å². The predicted octanol–water partition coefficient (Wildman–Crippen LogP) is 2.79. The third-order valence-electron chi connectivity index (χ3n) is 3.05. The minimum absolute atomic E-state index is 0.0880. The summed E-state index contributed by atoms with van der Waals surface area (Å²) in [6, 6.07) is 6.83. The number of hydrogen-bond donors (Lipinski definition) is 2. The van der Waals surface area contributed by atoms with Crippen molar-refractivity contribution in [3.05, 3.63) is 24.3 Å². The van der Waals surface area contributed by atoms with E-state index in [4.69, 9.17) is 6.42 Å². The molecule has 0 saturated carbocycles. The van der Waals surface area contributed by atoms with Crippen molar-refractivity contribution in [1.82, 2.24) is 5.32 Å². The first-order chi connectivity index (χ1) is 9.05. The number of phenolic OH excluding ortho intramolecular Hbond substituents is 1. The number of carbonyl (C=O) groups is 1. The summed E-state index contributed by atoms with van der Waals surface area (Å²) in [6.45, 7) is 3.93. The fourth-order valence-corrected chi connectivity index (χ4v) is 2.44. The zero-order valence-corrected chi connectivity index (χ0v) is 12.1. The van der Waals surface area contributed by atoms with Crippen molar-refractivity contribution in [3.63, 3.8) is 0 Å². The van der Waals surface area contributed by atoms with E-state index in [9.17, 15) is 9.90 Å². The van der Waals surface area contributed by atoms with Crippen LogP contribution in [0.4, 0.5) is 0 Å². The van der Waals surface area contributed by atoms with Crippen molar-refractivity contribution in [1.29, 1.82) is 0 Å². The summed E-state index contributed by atoms with van der Waals surface area (Å²) >= 11 is 1.37. The van der Waals surface area contributed by atoms with Crippen molar-refractivity contribution in [3.8, 4) is 18.1 Å². The van der Waals surface area contributed by atoms with Gasteiger partial charge >= 0.3 is 0 Å². The molecule has 0 radical (unpaired) electrons. The molecule has 0 fully saturated rings. The maximum absolute atomic E-state index is 11.9. The van der Waals surface area contributed by atoms with Crippen molar-refractivity contribution >= 4 is 17.7 Å². The summed E-state index contributed by atoms with van der Waals surface area (Å²) in [6.07, 6.45) is 6.92. The smallest absolute Gasteiger partial charge is 0.231 e. The fraction of sp³-hybridized carbons (Fsp3) is 0.400. The van der Waals surface area contributed by atoms with Gasteiger partial charge in [0.25, 0.3) is 0 Å². The van der Waals surface area contributed by atoms with Gasteiger partial charge in [0.15, 0.2) is 0 Å². The van der Waals surface area contributed by atoms with E-state index in [1.807, 2.05) is 19.9 Å². The third-order valence-corrected chi connectivity index (χ3v) is 4.04. The zero-order valence-electron chi connectivity index (χ0n) is 11.3. The molecular formula is C15H19NO2S. The van der Waals surface area contributed by atoms with Crippen LogP contribution >= 0.6 is 11.8 Å². The molecule has 19 heavy (non-hydrogen) atoms. The number of amides is 1. The molecule has 102 valence electrons. The second-order valence-electron chi connectivity index (χ2n) is 4.27. The molecule has 0 aromatic heterocycles. The van der Waals surface area contributed by atoms with E-state index in [1.54, 1.807) is 18.2 Å². The highest BCUT2D eigenvalue weighted by Gasteiger charge is 2.24. The molecule has 0 spiro atoms. The predicted molar refractivity (Wildman–Crippen MR) is 79.1 cm³/mol. The van der Waals surface area contributed by atoms with Crippen molar-refractivity contribution in [2.24, 2.45) is 0 Å². The van der Waals surface area contributed by atoms with Gasteiger partial charge in [0.05, 0.1) is 5.75 Å². The van der Waals surface area contributed by atoms with Gasteiger partial charge in [0, 0.05) is 4.90 Å². The molecule has 3 nitrogen and oxygen atoms in total. The second kappa shape index (κ2) is 7.10. The van der Waals surface area contributed by atoms with Gasteiger partial charge in [-0.2, -0.15) is 0 Å². The summed E-state index contributed by atoms with van der Waals surface area (Å²) in [4.78, 5) is 12.8. The van der Waals surface area contributed by atoms with Crippen molar-refractivity contribution in [2.45, 2.75) is 37.1 Å². The lowest BCUT2D eigenvalue weighted by Crippen LogP contribution is -2.47. The van der Waals surface area contributed by atoms with Gasteiger partial charge in [-0.1, -0.05) is 25.8 Å². The Morgan fingerprint density at radius 1 is 1.47 bits per heavy atom. The van der Waals surface area contributed by atoms with Crippen LogP contribution in [0.5, 0.6) is 5.75 Å². The second-order valence-corrected chi connectivity index (χ2v) is 5.32. The highest BCUT2D eigenvalue weighted by Crippen LogP contribution is 2.22. The van der Waals surface area contributed by atoms with Gasteiger partial charge in [-0.05, 0) is 31.0 Å². The van der Waals surface area contributed by atoms with Crippen LogP contribution in [0.15, 0.2) is 29.2 Å². The summed E-state index contributed by atoms with van der Waals surface area (Å²) in [5, 5.41) is 12.2. The molecule has 1 aromatic rings. The Labute approximate surface area is 118 Å². The number of hydrogen-bond acceptors (Lipinski definition) is 3. The Kier molecular flexibility index (Phi) is 5.78. The molecule has 0 bridgehead atoms.